The molecule has 2 fully saturated rings. The minimum absolute atomic E-state index is 0.261. The van der Waals surface area contributed by atoms with Crippen LogP contribution in [0.25, 0.3) is 0 Å². The van der Waals surface area contributed by atoms with Crippen LogP contribution in [-0.2, 0) is 9.47 Å². The molecule has 1 aliphatic carbocycles. The second-order valence-corrected chi connectivity index (χ2v) is 3.24. The highest BCUT2D eigenvalue weighted by Gasteiger charge is 2.60. The second kappa shape index (κ2) is 2.65. The Bertz CT molecular complexity index is 185. The summed E-state index contributed by atoms with van der Waals surface area (Å²) < 4.78 is 9.97. The Hall–Kier alpha value is -0.200. The van der Waals surface area contributed by atoms with E-state index >= 15 is 0 Å². The molecule has 12 heavy (non-hydrogen) atoms. The summed E-state index contributed by atoms with van der Waals surface area (Å²) in [6, 6.07) is 0. The van der Waals surface area contributed by atoms with E-state index in [0.717, 1.165) is 0 Å². The normalized spacial score (nSPS) is 58.0. The highest BCUT2D eigenvalue weighted by atomic mass is 16.6. The topological polar surface area (TPSA) is 82.5 Å². The van der Waals surface area contributed by atoms with Crippen molar-refractivity contribution in [2.24, 2.45) is 0 Å². The molecule has 0 spiro atoms. The van der Waals surface area contributed by atoms with E-state index in [1.54, 1.807) is 0 Å². The van der Waals surface area contributed by atoms with Crippen LogP contribution in [-0.4, -0.2) is 59.1 Å². The maximum Gasteiger partial charge on any atom is 0.116 e. The van der Waals surface area contributed by atoms with Crippen LogP contribution in [0.5, 0.6) is 0 Å². The van der Waals surface area contributed by atoms with E-state index in [2.05, 4.69) is 0 Å². The fourth-order valence-corrected chi connectivity index (χ4v) is 1.73. The molecule has 0 amide bonds. The van der Waals surface area contributed by atoms with Gasteiger partial charge in [-0.2, -0.15) is 0 Å². The van der Waals surface area contributed by atoms with Gasteiger partial charge in [-0.25, -0.2) is 0 Å². The summed E-state index contributed by atoms with van der Waals surface area (Å²) in [5, 5.41) is 28.0. The standard InChI is InChI=1S/C7H12O5/c1-11-5-3(9)2(8)4(10)6-7(5)12-6/h2-10H,1H3/t2-,3-,4+,5+,6+,7?/m1/s1. The predicted octanol–water partition coefficient (Wildman–Crippen LogP) is -2.13. The molecular formula is C7H12O5. The number of aliphatic hydroxyl groups is 3. The van der Waals surface area contributed by atoms with Crippen LogP contribution in [0.2, 0.25) is 0 Å². The van der Waals surface area contributed by atoms with Crippen LogP contribution in [0.4, 0.5) is 0 Å². The second-order valence-electron chi connectivity index (χ2n) is 3.24. The third kappa shape index (κ3) is 0.982. The van der Waals surface area contributed by atoms with E-state index in [1.165, 1.54) is 7.11 Å². The van der Waals surface area contributed by atoms with Crippen LogP contribution in [0, 0.1) is 0 Å². The smallest absolute Gasteiger partial charge is 0.116 e. The van der Waals surface area contributed by atoms with Gasteiger partial charge in [0.05, 0.1) is 0 Å². The van der Waals surface area contributed by atoms with E-state index in [4.69, 9.17) is 9.47 Å². The van der Waals surface area contributed by atoms with Crippen molar-refractivity contribution in [3.63, 3.8) is 0 Å². The summed E-state index contributed by atoms with van der Waals surface area (Å²) in [7, 11) is 1.44. The largest absolute Gasteiger partial charge is 0.387 e. The van der Waals surface area contributed by atoms with E-state index < -0.39 is 24.4 Å². The van der Waals surface area contributed by atoms with E-state index in [0.29, 0.717) is 0 Å². The Labute approximate surface area is 69.5 Å². The molecule has 70 valence electrons. The number of epoxide rings is 1. The lowest BCUT2D eigenvalue weighted by Gasteiger charge is -2.30. The van der Waals surface area contributed by atoms with Crippen LogP contribution < -0.4 is 0 Å². The highest BCUT2D eigenvalue weighted by molar-refractivity contribution is 5.08. The quantitative estimate of drug-likeness (QED) is 0.397. The monoisotopic (exact) mass is 176 g/mol. The minimum Gasteiger partial charge on any atom is -0.387 e. The molecule has 1 saturated carbocycles. The molecule has 6 atom stereocenters. The van der Waals surface area contributed by atoms with Crippen LogP contribution in [0.3, 0.4) is 0 Å². The third-order valence-corrected chi connectivity index (χ3v) is 2.53. The molecule has 1 aliphatic heterocycles. The number of fused-ring (bicyclic) bond motifs is 1. The molecule has 0 aromatic carbocycles. The van der Waals surface area contributed by atoms with Crippen molar-refractivity contribution in [3.8, 4) is 0 Å². The lowest BCUT2D eigenvalue weighted by molar-refractivity contribution is -0.131. The first-order chi connectivity index (χ1) is 5.66. The summed E-state index contributed by atoms with van der Waals surface area (Å²) >= 11 is 0. The number of rotatable bonds is 1. The highest BCUT2D eigenvalue weighted by Crippen LogP contribution is 2.38. The van der Waals surface area contributed by atoms with Crippen molar-refractivity contribution in [2.75, 3.05) is 7.11 Å². The molecule has 5 nitrogen and oxygen atoms in total. The number of hydrogen-bond donors (Lipinski definition) is 3. The van der Waals surface area contributed by atoms with Gasteiger partial charge in [0.25, 0.3) is 0 Å². The Morgan fingerprint density at radius 1 is 1.00 bits per heavy atom. The molecule has 2 aliphatic rings. The minimum atomic E-state index is -1.17. The maximum absolute atomic E-state index is 9.39. The van der Waals surface area contributed by atoms with E-state index in [1.807, 2.05) is 0 Å². The Kier molecular flexibility index (Phi) is 1.85. The molecule has 1 saturated heterocycles. The number of methoxy groups -OCH3 is 1. The number of ether oxygens (including phenoxy) is 2. The molecule has 0 bridgehead atoms. The average Bonchev–Trinajstić information content (AvgIpc) is 2.81. The predicted molar refractivity (Wildman–Crippen MR) is 37.5 cm³/mol. The Morgan fingerprint density at radius 2 is 1.67 bits per heavy atom. The lowest BCUT2D eigenvalue weighted by atomic mass is 9.90. The zero-order valence-corrected chi connectivity index (χ0v) is 6.62. The lowest BCUT2D eigenvalue weighted by Crippen LogP contribution is -2.54. The van der Waals surface area contributed by atoms with Crippen molar-refractivity contribution in [1.82, 2.24) is 0 Å². The first-order valence-corrected chi connectivity index (χ1v) is 3.89. The van der Waals surface area contributed by atoms with Gasteiger partial charge in [-0.1, -0.05) is 0 Å². The first kappa shape index (κ1) is 8.40. The summed E-state index contributed by atoms with van der Waals surface area (Å²) in [5.74, 6) is 0. The van der Waals surface area contributed by atoms with Crippen molar-refractivity contribution in [3.05, 3.63) is 0 Å². The van der Waals surface area contributed by atoms with Crippen LogP contribution in [0.1, 0.15) is 0 Å². The Morgan fingerprint density at radius 3 is 2.25 bits per heavy atom. The molecule has 5 heteroatoms. The van der Waals surface area contributed by atoms with Gasteiger partial charge in [0.15, 0.2) is 0 Å². The summed E-state index contributed by atoms with van der Waals surface area (Å²) in [6.45, 7) is 0. The summed E-state index contributed by atoms with van der Waals surface area (Å²) in [4.78, 5) is 0. The summed E-state index contributed by atoms with van der Waals surface area (Å²) in [5.41, 5.74) is 0. The van der Waals surface area contributed by atoms with Gasteiger partial charge in [0, 0.05) is 7.11 Å². The maximum atomic E-state index is 9.39. The van der Waals surface area contributed by atoms with Gasteiger partial charge in [-0.05, 0) is 0 Å². The van der Waals surface area contributed by atoms with Crippen molar-refractivity contribution < 1.29 is 24.8 Å². The van der Waals surface area contributed by atoms with Crippen molar-refractivity contribution in [1.29, 1.82) is 0 Å². The number of hydrogen-bond acceptors (Lipinski definition) is 5. The molecule has 0 aromatic heterocycles. The molecule has 0 radical (unpaired) electrons. The molecule has 0 aromatic rings. The Balaban J connectivity index is 2.11. The molecule has 1 unspecified atom stereocenters. The zero-order chi connectivity index (χ0) is 8.88. The first-order valence-electron chi connectivity index (χ1n) is 3.89. The third-order valence-electron chi connectivity index (χ3n) is 2.53. The molecular weight excluding hydrogens is 164 g/mol. The van der Waals surface area contributed by atoms with Gasteiger partial charge < -0.3 is 24.8 Å². The fourth-order valence-electron chi connectivity index (χ4n) is 1.73. The van der Waals surface area contributed by atoms with Gasteiger partial charge in [-0.3, -0.25) is 0 Å². The van der Waals surface area contributed by atoms with Crippen LogP contribution in [0.15, 0.2) is 0 Å². The molecule has 2 rings (SSSR count). The zero-order valence-electron chi connectivity index (χ0n) is 6.62. The number of aliphatic hydroxyl groups excluding tert-OH is 3. The van der Waals surface area contributed by atoms with Gasteiger partial charge >= 0.3 is 0 Å². The van der Waals surface area contributed by atoms with Crippen molar-refractivity contribution in [2.45, 2.75) is 36.6 Å². The summed E-state index contributed by atoms with van der Waals surface area (Å²) in [6.07, 6.45) is -4.37. The van der Waals surface area contributed by atoms with E-state index in [-0.39, 0.29) is 12.2 Å². The van der Waals surface area contributed by atoms with Crippen LogP contribution >= 0.6 is 0 Å². The van der Waals surface area contributed by atoms with Gasteiger partial charge in [0.2, 0.25) is 0 Å². The average molecular weight is 176 g/mol. The van der Waals surface area contributed by atoms with Crippen molar-refractivity contribution >= 4 is 0 Å². The van der Waals surface area contributed by atoms with Gasteiger partial charge in [-0.15, -0.1) is 0 Å². The fraction of sp³-hybridized carbons (Fsp3) is 1.00. The molecule has 3 N–H and O–H groups in total. The van der Waals surface area contributed by atoms with E-state index in [9.17, 15) is 15.3 Å². The SMILES string of the molecule is CO[C@@H]1C2O[C@H]2[C@@H](O)[C@H](O)[C@H]1O. The van der Waals surface area contributed by atoms with Gasteiger partial charge in [0.1, 0.15) is 36.6 Å². The molecule has 1 heterocycles.